The number of aliphatic hydroxyl groups excluding tert-OH is 1. The number of aromatic nitrogens is 1. The van der Waals surface area contributed by atoms with Crippen molar-refractivity contribution in [2.45, 2.75) is 38.2 Å². The molecular weight excluding hydrogens is 204 g/mol. The molecule has 2 aliphatic carbocycles. The van der Waals surface area contributed by atoms with Gasteiger partial charge in [-0.1, -0.05) is 0 Å². The highest BCUT2D eigenvalue weighted by molar-refractivity contribution is 5.77. The highest BCUT2D eigenvalue weighted by Gasteiger charge is 2.29. The van der Waals surface area contributed by atoms with Crippen LogP contribution in [0.25, 0.3) is 0 Å². The van der Waals surface area contributed by atoms with E-state index in [1.54, 1.807) is 0 Å². The van der Waals surface area contributed by atoms with E-state index in [4.69, 9.17) is 0 Å². The van der Waals surface area contributed by atoms with Gasteiger partial charge in [-0.2, -0.15) is 0 Å². The van der Waals surface area contributed by atoms with Gasteiger partial charge in [-0.05, 0) is 37.7 Å². The van der Waals surface area contributed by atoms with Gasteiger partial charge in [-0.15, -0.1) is 0 Å². The third-order valence-electron chi connectivity index (χ3n) is 3.54. The van der Waals surface area contributed by atoms with E-state index in [-0.39, 0.29) is 0 Å². The molecule has 4 heteroatoms. The molecule has 3 rings (SSSR count). The summed E-state index contributed by atoms with van der Waals surface area (Å²) in [7, 11) is 0. The maximum Gasteiger partial charge on any atom is 0.211 e. The Morgan fingerprint density at radius 3 is 3.00 bits per heavy atom. The van der Waals surface area contributed by atoms with Gasteiger partial charge in [0, 0.05) is 11.3 Å². The van der Waals surface area contributed by atoms with Crippen LogP contribution in [0.15, 0.2) is 0 Å². The SMILES string of the molecule is O=CNc1c2c(nc3c1CCC3O)CCC2. The fourth-order valence-electron chi connectivity index (χ4n) is 2.82. The summed E-state index contributed by atoms with van der Waals surface area (Å²) in [5.41, 5.74) is 4.98. The molecule has 0 spiro atoms. The molecule has 1 aromatic rings. The normalized spacial score (nSPS) is 21.7. The number of nitrogens with zero attached hydrogens (tertiary/aromatic N) is 1. The zero-order valence-corrected chi connectivity index (χ0v) is 8.99. The number of aliphatic hydroxyl groups is 1. The first-order valence-corrected chi connectivity index (χ1v) is 5.74. The summed E-state index contributed by atoms with van der Waals surface area (Å²) in [6.07, 6.45) is 4.85. The molecule has 1 atom stereocenters. The molecule has 0 radical (unpaired) electrons. The summed E-state index contributed by atoms with van der Waals surface area (Å²) in [6.45, 7) is 0. The average Bonchev–Trinajstić information content (AvgIpc) is 2.87. The summed E-state index contributed by atoms with van der Waals surface area (Å²) >= 11 is 0. The molecular formula is C12H14N2O2. The largest absolute Gasteiger partial charge is 0.387 e. The lowest BCUT2D eigenvalue weighted by molar-refractivity contribution is -0.105. The zero-order valence-electron chi connectivity index (χ0n) is 8.99. The molecule has 0 fully saturated rings. The fraction of sp³-hybridized carbons (Fsp3) is 0.500. The van der Waals surface area contributed by atoms with Gasteiger partial charge < -0.3 is 10.4 Å². The van der Waals surface area contributed by atoms with Gasteiger partial charge in [0.25, 0.3) is 0 Å². The summed E-state index contributed by atoms with van der Waals surface area (Å²) in [5.74, 6) is 0. The van der Waals surface area contributed by atoms with Crippen LogP contribution in [0.3, 0.4) is 0 Å². The Morgan fingerprint density at radius 1 is 1.31 bits per heavy atom. The second-order valence-electron chi connectivity index (χ2n) is 4.45. The molecule has 0 saturated heterocycles. The number of fused-ring (bicyclic) bond motifs is 2. The van der Waals surface area contributed by atoms with Gasteiger partial charge in [0.1, 0.15) is 0 Å². The first kappa shape index (κ1) is 9.78. The first-order valence-electron chi connectivity index (χ1n) is 5.74. The molecule has 0 aliphatic heterocycles. The van der Waals surface area contributed by atoms with Crippen molar-refractivity contribution in [2.75, 3.05) is 5.32 Å². The van der Waals surface area contributed by atoms with Crippen LogP contribution in [0.4, 0.5) is 5.69 Å². The number of pyridine rings is 1. The summed E-state index contributed by atoms with van der Waals surface area (Å²) in [4.78, 5) is 15.2. The predicted molar refractivity (Wildman–Crippen MR) is 59.2 cm³/mol. The van der Waals surface area contributed by atoms with Crippen LogP contribution >= 0.6 is 0 Å². The molecule has 2 aliphatic rings. The van der Waals surface area contributed by atoms with Crippen LogP contribution in [-0.2, 0) is 24.1 Å². The van der Waals surface area contributed by atoms with E-state index in [1.807, 2.05) is 0 Å². The molecule has 1 amide bonds. The molecule has 4 nitrogen and oxygen atoms in total. The van der Waals surface area contributed by atoms with Crippen molar-refractivity contribution in [1.82, 2.24) is 4.98 Å². The minimum Gasteiger partial charge on any atom is -0.387 e. The number of aryl methyl sites for hydroxylation is 1. The monoisotopic (exact) mass is 218 g/mol. The summed E-state index contributed by atoms with van der Waals surface area (Å²) in [6, 6.07) is 0. The number of anilines is 1. The highest BCUT2D eigenvalue weighted by Crippen LogP contribution is 2.39. The average molecular weight is 218 g/mol. The number of amides is 1. The van der Waals surface area contributed by atoms with Crippen molar-refractivity contribution in [3.8, 4) is 0 Å². The molecule has 16 heavy (non-hydrogen) atoms. The van der Waals surface area contributed by atoms with Gasteiger partial charge in [0.2, 0.25) is 6.41 Å². The number of carbonyl (C=O) groups excluding carboxylic acids is 1. The Morgan fingerprint density at radius 2 is 2.19 bits per heavy atom. The Bertz CT molecular complexity index is 457. The van der Waals surface area contributed by atoms with Crippen molar-refractivity contribution in [3.63, 3.8) is 0 Å². The topological polar surface area (TPSA) is 62.2 Å². The van der Waals surface area contributed by atoms with Crippen molar-refractivity contribution >= 4 is 12.1 Å². The Balaban J connectivity index is 2.20. The van der Waals surface area contributed by atoms with Gasteiger partial charge in [-0.3, -0.25) is 9.78 Å². The van der Waals surface area contributed by atoms with Crippen LogP contribution in [-0.4, -0.2) is 16.5 Å². The zero-order chi connectivity index (χ0) is 11.1. The Kier molecular flexibility index (Phi) is 2.17. The fourth-order valence-corrected chi connectivity index (χ4v) is 2.82. The third-order valence-corrected chi connectivity index (χ3v) is 3.54. The van der Waals surface area contributed by atoms with E-state index in [0.717, 1.165) is 61.2 Å². The lowest BCUT2D eigenvalue weighted by Gasteiger charge is -2.13. The molecule has 0 aromatic carbocycles. The number of hydrogen-bond acceptors (Lipinski definition) is 3. The molecule has 0 bridgehead atoms. The molecule has 0 saturated carbocycles. The summed E-state index contributed by atoms with van der Waals surface area (Å²) in [5, 5.41) is 12.6. The minimum absolute atomic E-state index is 0.451. The second-order valence-corrected chi connectivity index (χ2v) is 4.45. The molecule has 1 aromatic heterocycles. The van der Waals surface area contributed by atoms with E-state index in [9.17, 15) is 9.90 Å². The van der Waals surface area contributed by atoms with E-state index in [0.29, 0.717) is 0 Å². The maximum atomic E-state index is 10.7. The number of rotatable bonds is 2. The number of hydrogen-bond donors (Lipinski definition) is 2. The van der Waals surface area contributed by atoms with Gasteiger partial charge in [0.05, 0.1) is 17.5 Å². The van der Waals surface area contributed by atoms with Crippen molar-refractivity contribution in [1.29, 1.82) is 0 Å². The van der Waals surface area contributed by atoms with Crippen LogP contribution in [0.2, 0.25) is 0 Å². The lowest BCUT2D eigenvalue weighted by atomic mass is 10.1. The van der Waals surface area contributed by atoms with E-state index >= 15 is 0 Å². The van der Waals surface area contributed by atoms with Gasteiger partial charge in [0.15, 0.2) is 0 Å². The molecule has 2 N–H and O–H groups in total. The smallest absolute Gasteiger partial charge is 0.211 e. The molecule has 1 unspecified atom stereocenters. The van der Waals surface area contributed by atoms with Gasteiger partial charge >= 0.3 is 0 Å². The van der Waals surface area contributed by atoms with Crippen molar-refractivity contribution in [3.05, 3.63) is 22.5 Å². The molecule has 1 heterocycles. The number of carbonyl (C=O) groups is 1. The predicted octanol–water partition coefficient (Wildman–Crippen LogP) is 1.12. The van der Waals surface area contributed by atoms with Crippen LogP contribution in [0.1, 0.15) is 41.5 Å². The number of nitrogens with one attached hydrogen (secondary N) is 1. The minimum atomic E-state index is -0.451. The van der Waals surface area contributed by atoms with Crippen molar-refractivity contribution in [2.24, 2.45) is 0 Å². The Labute approximate surface area is 93.7 Å². The van der Waals surface area contributed by atoms with Gasteiger partial charge in [-0.25, -0.2) is 0 Å². The first-order chi connectivity index (χ1) is 7.81. The lowest BCUT2D eigenvalue weighted by Crippen LogP contribution is -2.07. The highest BCUT2D eigenvalue weighted by atomic mass is 16.3. The van der Waals surface area contributed by atoms with Crippen LogP contribution in [0, 0.1) is 0 Å². The van der Waals surface area contributed by atoms with Crippen LogP contribution < -0.4 is 5.32 Å². The standard InChI is InChI=1S/C12H14N2O2/c15-6-13-11-7-2-1-3-9(7)14-12-8(11)4-5-10(12)16/h6,10,16H,1-5H2,(H,13,14,15). The summed E-state index contributed by atoms with van der Waals surface area (Å²) < 4.78 is 0. The third kappa shape index (κ3) is 1.26. The van der Waals surface area contributed by atoms with Crippen LogP contribution in [0.5, 0.6) is 0 Å². The van der Waals surface area contributed by atoms with E-state index in [1.165, 1.54) is 5.56 Å². The van der Waals surface area contributed by atoms with Crippen molar-refractivity contribution < 1.29 is 9.90 Å². The van der Waals surface area contributed by atoms with E-state index in [2.05, 4.69) is 10.3 Å². The maximum absolute atomic E-state index is 10.7. The Hall–Kier alpha value is -1.42. The second kappa shape index (κ2) is 3.56. The van der Waals surface area contributed by atoms with E-state index < -0.39 is 6.10 Å². The molecule has 84 valence electrons. The quantitative estimate of drug-likeness (QED) is 0.731.